The predicted molar refractivity (Wildman–Crippen MR) is 149 cm³/mol. The normalized spacial score (nSPS) is 12.9. The molecule has 4 aromatic rings. The number of nitrogens with one attached hydrogen (secondary N) is 2. The quantitative estimate of drug-likeness (QED) is 0.134. The number of carbonyl (C=O) groups is 2. The molecular formula is C24H26N4O4S4. The second-order valence-corrected chi connectivity index (χ2v) is 11.9. The van der Waals surface area contributed by atoms with E-state index >= 15 is 0 Å². The van der Waals surface area contributed by atoms with Crippen LogP contribution in [-0.2, 0) is 0 Å². The molecule has 8 nitrogen and oxygen atoms in total. The van der Waals surface area contributed by atoms with Gasteiger partial charge in [0.15, 0.2) is 0 Å². The smallest absolute Gasteiger partial charge is 0.410 e. The van der Waals surface area contributed by atoms with Gasteiger partial charge in [0.25, 0.3) is 0 Å². The van der Waals surface area contributed by atoms with Crippen LogP contribution in [0.5, 0.6) is 11.5 Å². The fourth-order valence-corrected chi connectivity index (χ4v) is 5.91. The molecule has 2 aromatic heterocycles. The van der Waals surface area contributed by atoms with Crippen molar-refractivity contribution in [3.8, 4) is 11.5 Å². The van der Waals surface area contributed by atoms with Gasteiger partial charge < -0.3 is 20.1 Å². The number of thiazole rings is 2. The molecule has 0 spiro atoms. The third-order valence-corrected chi connectivity index (χ3v) is 7.76. The first-order valence-corrected chi connectivity index (χ1v) is 13.9. The zero-order valence-corrected chi connectivity index (χ0v) is 23.1. The maximum atomic E-state index is 12.2. The van der Waals surface area contributed by atoms with Crippen LogP contribution >= 0.6 is 47.9 Å². The van der Waals surface area contributed by atoms with Crippen LogP contribution in [0.1, 0.15) is 39.5 Å². The molecule has 12 heteroatoms. The first kappa shape index (κ1) is 26.5. The molecule has 0 saturated carbocycles. The Labute approximate surface area is 227 Å². The molecule has 0 aliphatic carbocycles. The van der Waals surface area contributed by atoms with Crippen LogP contribution in [0.2, 0.25) is 0 Å². The van der Waals surface area contributed by atoms with E-state index in [1.165, 1.54) is 22.7 Å². The molecule has 2 aromatic carbocycles. The van der Waals surface area contributed by atoms with Gasteiger partial charge in [-0.05, 0) is 51.0 Å². The van der Waals surface area contributed by atoms with Crippen molar-refractivity contribution in [2.24, 2.45) is 0 Å². The lowest BCUT2D eigenvalue weighted by Gasteiger charge is -2.16. The molecule has 4 rings (SSSR count). The molecule has 36 heavy (non-hydrogen) atoms. The highest BCUT2D eigenvalue weighted by Crippen LogP contribution is 2.29. The molecule has 2 amide bonds. The standard InChI is InChI=1S/C24H26N4O4S4/c1-13(25-21(29)31-15-7-9-17-19(11-15)35-23(33)27-17)5-3-4-6-14(2)26-22(30)32-16-8-10-18-20(12-16)36-24(34)28-18/h7-14H,3-6H2,1-2H3,(H,25,29)(H,26,30)(H,27,33)(H,28,34). The molecule has 0 aliphatic heterocycles. The SMILES string of the molecule is CC(CCCCC(C)NC(=O)Oc1ccc2nc(S)sc2c1)NC(=O)Oc1ccc2nc(S)sc2c1. The van der Waals surface area contributed by atoms with Crippen molar-refractivity contribution in [1.29, 1.82) is 0 Å². The summed E-state index contributed by atoms with van der Waals surface area (Å²) in [4.78, 5) is 33.0. The minimum atomic E-state index is -0.489. The van der Waals surface area contributed by atoms with E-state index in [-0.39, 0.29) is 12.1 Å². The number of nitrogens with zero attached hydrogens (tertiary/aromatic N) is 2. The Hall–Kier alpha value is -2.54. The van der Waals surface area contributed by atoms with Crippen LogP contribution in [0.25, 0.3) is 20.4 Å². The van der Waals surface area contributed by atoms with Crippen LogP contribution < -0.4 is 20.1 Å². The molecule has 0 aliphatic rings. The van der Waals surface area contributed by atoms with Gasteiger partial charge in [0.1, 0.15) is 20.2 Å². The van der Waals surface area contributed by atoms with Crippen LogP contribution in [-0.4, -0.2) is 34.2 Å². The maximum Gasteiger partial charge on any atom is 0.412 e. The van der Waals surface area contributed by atoms with Crippen LogP contribution in [0, 0.1) is 0 Å². The van der Waals surface area contributed by atoms with E-state index in [0.717, 1.165) is 46.1 Å². The van der Waals surface area contributed by atoms with Gasteiger partial charge in [-0.3, -0.25) is 0 Å². The molecule has 0 bridgehead atoms. The van der Waals surface area contributed by atoms with Crippen molar-refractivity contribution < 1.29 is 19.1 Å². The Morgan fingerprint density at radius 2 is 1.22 bits per heavy atom. The van der Waals surface area contributed by atoms with E-state index in [4.69, 9.17) is 9.47 Å². The highest BCUT2D eigenvalue weighted by Gasteiger charge is 2.13. The molecular weight excluding hydrogens is 537 g/mol. The number of thiol groups is 2. The summed E-state index contributed by atoms with van der Waals surface area (Å²) < 4.78 is 14.0. The molecule has 2 heterocycles. The van der Waals surface area contributed by atoms with E-state index in [0.29, 0.717) is 20.2 Å². The Balaban J connectivity index is 1.12. The lowest BCUT2D eigenvalue weighted by atomic mass is 10.1. The lowest BCUT2D eigenvalue weighted by molar-refractivity contribution is 0.194. The van der Waals surface area contributed by atoms with E-state index in [2.05, 4.69) is 45.9 Å². The average Bonchev–Trinajstić information content (AvgIpc) is 3.36. The van der Waals surface area contributed by atoms with Gasteiger partial charge in [-0.15, -0.1) is 47.9 Å². The van der Waals surface area contributed by atoms with Gasteiger partial charge in [0.2, 0.25) is 0 Å². The first-order valence-electron chi connectivity index (χ1n) is 11.4. The summed E-state index contributed by atoms with van der Waals surface area (Å²) in [6.45, 7) is 3.88. The molecule has 190 valence electrons. The Morgan fingerprint density at radius 1 is 0.806 bits per heavy atom. The molecule has 0 saturated heterocycles. The highest BCUT2D eigenvalue weighted by atomic mass is 32.2. The maximum absolute atomic E-state index is 12.2. The van der Waals surface area contributed by atoms with E-state index in [9.17, 15) is 9.59 Å². The Morgan fingerprint density at radius 3 is 1.64 bits per heavy atom. The lowest BCUT2D eigenvalue weighted by Crippen LogP contribution is -2.35. The summed E-state index contributed by atoms with van der Waals surface area (Å²) in [5, 5.41) is 5.71. The minimum Gasteiger partial charge on any atom is -0.410 e. The first-order chi connectivity index (χ1) is 17.2. The number of aromatic nitrogens is 2. The number of rotatable bonds is 9. The number of ether oxygens (including phenoxy) is 2. The van der Waals surface area contributed by atoms with Gasteiger partial charge in [0, 0.05) is 24.2 Å². The molecule has 0 radical (unpaired) electrons. The van der Waals surface area contributed by atoms with Crippen molar-refractivity contribution in [2.75, 3.05) is 0 Å². The number of fused-ring (bicyclic) bond motifs is 2. The number of hydrogen-bond donors (Lipinski definition) is 4. The number of amides is 2. The second-order valence-electron chi connectivity index (χ2n) is 8.41. The summed E-state index contributed by atoms with van der Waals surface area (Å²) in [6, 6.07) is 10.5. The molecule has 2 N–H and O–H groups in total. The summed E-state index contributed by atoms with van der Waals surface area (Å²) in [6.07, 6.45) is 2.41. The van der Waals surface area contributed by atoms with Crippen LogP contribution in [0.3, 0.4) is 0 Å². The Bertz CT molecular complexity index is 1270. The summed E-state index contributed by atoms with van der Waals surface area (Å²) in [7, 11) is 0. The highest BCUT2D eigenvalue weighted by molar-refractivity contribution is 7.83. The fraction of sp³-hybridized carbons (Fsp3) is 0.333. The van der Waals surface area contributed by atoms with Crippen molar-refractivity contribution in [3.63, 3.8) is 0 Å². The van der Waals surface area contributed by atoms with Gasteiger partial charge in [0.05, 0.1) is 20.4 Å². The van der Waals surface area contributed by atoms with Gasteiger partial charge in [-0.2, -0.15) is 0 Å². The summed E-state index contributed by atoms with van der Waals surface area (Å²) in [5.41, 5.74) is 1.65. The third kappa shape index (κ3) is 7.48. The van der Waals surface area contributed by atoms with Crippen molar-refractivity contribution >= 4 is 80.6 Å². The monoisotopic (exact) mass is 562 g/mol. The average molecular weight is 563 g/mol. The largest absolute Gasteiger partial charge is 0.412 e. The van der Waals surface area contributed by atoms with Gasteiger partial charge >= 0.3 is 12.2 Å². The number of hydrogen-bond acceptors (Lipinski definition) is 10. The van der Waals surface area contributed by atoms with E-state index in [1.54, 1.807) is 36.4 Å². The molecule has 0 fully saturated rings. The summed E-state index contributed by atoms with van der Waals surface area (Å²) in [5.74, 6) is 0.934. The predicted octanol–water partition coefficient (Wildman–Crippen LogP) is 6.70. The van der Waals surface area contributed by atoms with E-state index in [1.807, 2.05) is 13.8 Å². The second kappa shape index (κ2) is 12.1. The fourth-order valence-electron chi connectivity index (χ4n) is 3.63. The third-order valence-electron chi connectivity index (χ3n) is 5.37. The summed E-state index contributed by atoms with van der Waals surface area (Å²) >= 11 is 11.4. The minimum absolute atomic E-state index is 0.0404. The van der Waals surface area contributed by atoms with E-state index < -0.39 is 12.2 Å². The van der Waals surface area contributed by atoms with Crippen LogP contribution in [0.15, 0.2) is 45.1 Å². The van der Waals surface area contributed by atoms with Crippen molar-refractivity contribution in [2.45, 2.75) is 60.3 Å². The van der Waals surface area contributed by atoms with Crippen molar-refractivity contribution in [1.82, 2.24) is 20.6 Å². The topological polar surface area (TPSA) is 102 Å². The Kier molecular flexibility index (Phi) is 8.94. The zero-order valence-electron chi connectivity index (χ0n) is 19.7. The molecule has 2 atom stereocenters. The van der Waals surface area contributed by atoms with Gasteiger partial charge in [-0.1, -0.05) is 12.8 Å². The number of benzene rings is 2. The van der Waals surface area contributed by atoms with Crippen LogP contribution in [0.4, 0.5) is 9.59 Å². The number of carbonyl (C=O) groups excluding carboxylic acids is 2. The molecule has 2 unspecified atom stereocenters. The zero-order chi connectivity index (χ0) is 25.7. The van der Waals surface area contributed by atoms with Crippen molar-refractivity contribution in [3.05, 3.63) is 36.4 Å². The van der Waals surface area contributed by atoms with Gasteiger partial charge in [-0.25, -0.2) is 19.6 Å². The number of unbranched alkanes of at least 4 members (excludes halogenated alkanes) is 1.